The Bertz CT molecular complexity index is 830. The lowest BCUT2D eigenvalue weighted by Crippen LogP contribution is -2.77. The SMILES string of the molecule is C=CCN1CCC23c4c5ccc(OCOCCOC)c4O[C@H]2[C@@H](O)CC[C@@]3(O)[C@H]1C5. The number of aliphatic hydroxyl groups excluding tert-OH is 1. The lowest BCUT2D eigenvalue weighted by molar-refractivity contribution is -0.206. The minimum absolute atomic E-state index is 0.00885. The van der Waals surface area contributed by atoms with E-state index < -0.39 is 23.2 Å². The Morgan fingerprint density at radius 2 is 2.20 bits per heavy atom. The van der Waals surface area contributed by atoms with Gasteiger partial charge in [0.1, 0.15) is 6.10 Å². The summed E-state index contributed by atoms with van der Waals surface area (Å²) < 4.78 is 22.8. The molecular formula is C23H31NO6. The van der Waals surface area contributed by atoms with E-state index in [1.807, 2.05) is 12.1 Å². The van der Waals surface area contributed by atoms with Gasteiger partial charge in [-0.2, -0.15) is 0 Å². The predicted molar refractivity (Wildman–Crippen MR) is 110 cm³/mol. The molecule has 7 nitrogen and oxygen atoms in total. The summed E-state index contributed by atoms with van der Waals surface area (Å²) in [5.74, 6) is 1.28. The summed E-state index contributed by atoms with van der Waals surface area (Å²) in [6, 6.07) is 4.00. The van der Waals surface area contributed by atoms with Crippen LogP contribution in [0.1, 0.15) is 30.4 Å². The lowest BCUT2D eigenvalue weighted by atomic mass is 9.48. The minimum atomic E-state index is -0.940. The summed E-state index contributed by atoms with van der Waals surface area (Å²) in [5.41, 5.74) is 0.672. The standard InChI is InChI=1S/C23H31NO6/c1-3-9-24-10-8-22-19-15-4-5-17(29-14-28-12-11-27-2)20(19)30-21(22)16(25)6-7-23(22,26)18(24)13-15/h3-5,16,18,21,25-26H,1,6-14H2,2H3/t16-,18+,21-,22?,23+/m0/s1. The van der Waals surface area contributed by atoms with Gasteiger partial charge in [-0.15, -0.1) is 6.58 Å². The first-order valence-electron chi connectivity index (χ1n) is 10.8. The fraction of sp³-hybridized carbons (Fsp3) is 0.652. The van der Waals surface area contributed by atoms with Crippen molar-refractivity contribution in [2.75, 3.05) is 40.2 Å². The molecule has 0 amide bonds. The number of piperidine rings is 1. The summed E-state index contributed by atoms with van der Waals surface area (Å²) in [6.07, 6.45) is 3.42. The van der Waals surface area contributed by atoms with Gasteiger partial charge in [0.2, 0.25) is 0 Å². The molecule has 5 rings (SSSR count). The molecule has 5 atom stereocenters. The van der Waals surface area contributed by atoms with Crippen LogP contribution >= 0.6 is 0 Å². The van der Waals surface area contributed by atoms with Crippen LogP contribution in [-0.2, 0) is 21.3 Å². The normalized spacial score (nSPS) is 36.2. The van der Waals surface area contributed by atoms with E-state index in [0.717, 1.165) is 31.5 Å². The maximum absolute atomic E-state index is 12.1. The molecule has 2 aliphatic heterocycles. The zero-order valence-corrected chi connectivity index (χ0v) is 17.5. The molecule has 1 spiro atoms. The third-order valence-electron chi connectivity index (χ3n) is 7.62. The van der Waals surface area contributed by atoms with E-state index in [9.17, 15) is 10.2 Å². The molecule has 2 bridgehead atoms. The van der Waals surface area contributed by atoms with Gasteiger partial charge in [-0.05, 0) is 43.9 Å². The van der Waals surface area contributed by atoms with Gasteiger partial charge >= 0.3 is 0 Å². The highest BCUT2D eigenvalue weighted by molar-refractivity contribution is 5.63. The largest absolute Gasteiger partial charge is 0.482 e. The van der Waals surface area contributed by atoms with Crippen LogP contribution in [0.3, 0.4) is 0 Å². The second kappa shape index (κ2) is 7.50. The summed E-state index contributed by atoms with van der Waals surface area (Å²) in [7, 11) is 1.63. The molecule has 1 saturated heterocycles. The second-order valence-corrected chi connectivity index (χ2v) is 8.88. The van der Waals surface area contributed by atoms with Crippen LogP contribution in [0.5, 0.6) is 11.5 Å². The third-order valence-corrected chi connectivity index (χ3v) is 7.62. The van der Waals surface area contributed by atoms with Crippen molar-refractivity contribution in [1.29, 1.82) is 0 Å². The molecule has 1 unspecified atom stereocenters. The fourth-order valence-electron chi connectivity index (χ4n) is 6.40. The van der Waals surface area contributed by atoms with Crippen LogP contribution in [-0.4, -0.2) is 79.2 Å². The summed E-state index contributed by atoms with van der Waals surface area (Å²) in [4.78, 5) is 2.34. The van der Waals surface area contributed by atoms with Crippen LogP contribution in [0, 0.1) is 0 Å². The molecule has 1 aromatic rings. The van der Waals surface area contributed by atoms with Gasteiger partial charge in [-0.1, -0.05) is 12.1 Å². The summed E-state index contributed by atoms with van der Waals surface area (Å²) >= 11 is 0. The van der Waals surface area contributed by atoms with Crippen molar-refractivity contribution in [3.8, 4) is 11.5 Å². The number of benzene rings is 1. The molecule has 164 valence electrons. The topological polar surface area (TPSA) is 80.6 Å². The van der Waals surface area contributed by atoms with E-state index in [2.05, 4.69) is 17.5 Å². The van der Waals surface area contributed by atoms with Crippen LogP contribution < -0.4 is 9.47 Å². The van der Waals surface area contributed by atoms with E-state index >= 15 is 0 Å². The van der Waals surface area contributed by atoms with Gasteiger partial charge < -0.3 is 29.2 Å². The van der Waals surface area contributed by atoms with Crippen molar-refractivity contribution < 1.29 is 29.2 Å². The molecule has 2 N–H and O–H groups in total. The first-order valence-corrected chi connectivity index (χ1v) is 10.8. The first kappa shape index (κ1) is 20.3. The van der Waals surface area contributed by atoms with Crippen LogP contribution in [0.2, 0.25) is 0 Å². The molecule has 0 radical (unpaired) electrons. The molecular weight excluding hydrogens is 386 g/mol. The number of likely N-dealkylation sites (tertiary alicyclic amines) is 1. The van der Waals surface area contributed by atoms with Crippen LogP contribution in [0.25, 0.3) is 0 Å². The van der Waals surface area contributed by atoms with Crippen molar-refractivity contribution >= 4 is 0 Å². The summed E-state index contributed by atoms with van der Waals surface area (Å²) in [6.45, 7) is 6.54. The molecule has 2 fully saturated rings. The Kier molecular flexibility index (Phi) is 5.07. The maximum Gasteiger partial charge on any atom is 0.189 e. The highest BCUT2D eigenvalue weighted by atomic mass is 16.7. The molecule has 30 heavy (non-hydrogen) atoms. The van der Waals surface area contributed by atoms with E-state index in [-0.39, 0.29) is 12.8 Å². The molecule has 0 aromatic heterocycles. The van der Waals surface area contributed by atoms with E-state index in [1.165, 1.54) is 5.56 Å². The Morgan fingerprint density at radius 3 is 3.00 bits per heavy atom. The molecule has 2 heterocycles. The third kappa shape index (κ3) is 2.63. The number of methoxy groups -OCH3 is 1. The van der Waals surface area contributed by atoms with E-state index in [4.69, 9.17) is 18.9 Å². The Morgan fingerprint density at radius 1 is 1.33 bits per heavy atom. The zero-order chi connectivity index (χ0) is 20.9. The fourth-order valence-corrected chi connectivity index (χ4v) is 6.40. The summed E-state index contributed by atoms with van der Waals surface area (Å²) in [5, 5.41) is 23.0. The van der Waals surface area contributed by atoms with Gasteiger partial charge in [0.15, 0.2) is 18.3 Å². The van der Waals surface area contributed by atoms with E-state index in [1.54, 1.807) is 7.11 Å². The number of nitrogens with zero attached hydrogens (tertiary/aromatic N) is 1. The van der Waals surface area contributed by atoms with Crippen molar-refractivity contribution in [3.63, 3.8) is 0 Å². The Hall–Kier alpha value is -1.64. The van der Waals surface area contributed by atoms with Crippen LogP contribution in [0.15, 0.2) is 24.8 Å². The van der Waals surface area contributed by atoms with Crippen molar-refractivity contribution in [1.82, 2.24) is 4.90 Å². The molecule has 1 saturated carbocycles. The molecule has 7 heteroatoms. The van der Waals surface area contributed by atoms with Crippen molar-refractivity contribution in [3.05, 3.63) is 35.9 Å². The minimum Gasteiger partial charge on any atom is -0.482 e. The number of ether oxygens (including phenoxy) is 4. The van der Waals surface area contributed by atoms with Gasteiger partial charge in [0.25, 0.3) is 0 Å². The quantitative estimate of drug-likeness (QED) is 0.376. The maximum atomic E-state index is 12.1. The van der Waals surface area contributed by atoms with Crippen molar-refractivity contribution in [2.24, 2.45) is 0 Å². The number of aliphatic hydroxyl groups is 2. The predicted octanol–water partition coefficient (Wildman–Crippen LogP) is 1.39. The average molecular weight is 418 g/mol. The zero-order valence-electron chi connectivity index (χ0n) is 17.5. The number of rotatable bonds is 8. The van der Waals surface area contributed by atoms with E-state index in [0.29, 0.717) is 37.6 Å². The van der Waals surface area contributed by atoms with Gasteiger partial charge in [0, 0.05) is 25.3 Å². The first-order chi connectivity index (χ1) is 14.6. The lowest BCUT2D eigenvalue weighted by Gasteiger charge is -2.63. The molecule has 2 aliphatic carbocycles. The van der Waals surface area contributed by atoms with Gasteiger partial charge in [-0.25, -0.2) is 0 Å². The highest BCUT2D eigenvalue weighted by Gasteiger charge is 2.72. The number of hydrogen-bond donors (Lipinski definition) is 2. The van der Waals surface area contributed by atoms with Crippen LogP contribution in [0.4, 0.5) is 0 Å². The Labute approximate surface area is 177 Å². The molecule has 4 aliphatic rings. The number of hydrogen-bond acceptors (Lipinski definition) is 7. The van der Waals surface area contributed by atoms with Crippen molar-refractivity contribution in [2.45, 2.75) is 54.9 Å². The smallest absolute Gasteiger partial charge is 0.189 e. The Balaban J connectivity index is 1.54. The average Bonchev–Trinajstić information content (AvgIpc) is 3.09. The molecule has 1 aromatic carbocycles. The van der Waals surface area contributed by atoms with Gasteiger partial charge in [-0.3, -0.25) is 4.90 Å². The van der Waals surface area contributed by atoms with Gasteiger partial charge in [0.05, 0.1) is 30.3 Å². The monoisotopic (exact) mass is 417 g/mol. The highest BCUT2D eigenvalue weighted by Crippen LogP contribution is 2.65. The second-order valence-electron chi connectivity index (χ2n) is 8.88.